The number of thioether (sulfide) groups is 1. The van der Waals surface area contributed by atoms with Gasteiger partial charge in [0.1, 0.15) is 6.61 Å². The molecule has 1 N–H and O–H groups in total. The molecule has 1 aliphatic rings. The third-order valence-electron chi connectivity index (χ3n) is 4.92. The van der Waals surface area contributed by atoms with Crippen LogP contribution in [0.5, 0.6) is 11.5 Å². The lowest BCUT2D eigenvalue weighted by atomic mass is 10.2. The van der Waals surface area contributed by atoms with Crippen molar-refractivity contribution in [2.24, 2.45) is 0 Å². The Morgan fingerprint density at radius 3 is 2.60 bits per heavy atom. The van der Waals surface area contributed by atoms with Gasteiger partial charge in [0, 0.05) is 4.47 Å². The third kappa shape index (κ3) is 6.05. The van der Waals surface area contributed by atoms with Gasteiger partial charge in [-0.05, 0) is 65.8 Å². The number of ether oxygens (including phenoxy) is 2. The van der Waals surface area contributed by atoms with Crippen LogP contribution in [0.15, 0.2) is 76.1 Å². The molecule has 0 spiro atoms. The SMILES string of the molecule is COc1cc(/C=C2/SC(=S)N(NC(=O)c3ccccc3Cl)C2=O)ccc1OCc1ccc(Br)cc1. The van der Waals surface area contributed by atoms with Crippen molar-refractivity contribution in [2.45, 2.75) is 6.61 Å². The number of halogens is 2. The fraction of sp³-hybridized carbons (Fsp3) is 0.0800. The molecule has 0 radical (unpaired) electrons. The van der Waals surface area contributed by atoms with Crippen LogP contribution in [0.4, 0.5) is 0 Å². The Labute approximate surface area is 225 Å². The van der Waals surface area contributed by atoms with E-state index in [0.29, 0.717) is 23.0 Å². The summed E-state index contributed by atoms with van der Waals surface area (Å²) in [5.74, 6) is 0.141. The molecule has 6 nitrogen and oxygen atoms in total. The van der Waals surface area contributed by atoms with E-state index in [4.69, 9.17) is 33.3 Å². The van der Waals surface area contributed by atoms with Crippen LogP contribution in [-0.4, -0.2) is 28.3 Å². The third-order valence-corrected chi connectivity index (χ3v) is 7.08. The number of thiocarbonyl (C=S) groups is 1. The molecule has 0 atom stereocenters. The topological polar surface area (TPSA) is 67.9 Å². The van der Waals surface area contributed by atoms with Crippen molar-refractivity contribution in [3.05, 3.63) is 97.8 Å². The van der Waals surface area contributed by atoms with Crippen molar-refractivity contribution in [1.82, 2.24) is 10.4 Å². The van der Waals surface area contributed by atoms with Gasteiger partial charge in [0.2, 0.25) is 0 Å². The number of hydrazine groups is 1. The normalized spacial score (nSPS) is 14.4. The van der Waals surface area contributed by atoms with Crippen molar-refractivity contribution in [2.75, 3.05) is 7.11 Å². The Bertz CT molecular complexity index is 1330. The molecule has 1 heterocycles. The monoisotopic (exact) mass is 588 g/mol. The average Bonchev–Trinajstić information content (AvgIpc) is 3.11. The minimum atomic E-state index is -0.526. The van der Waals surface area contributed by atoms with E-state index in [1.165, 1.54) is 0 Å². The second kappa shape index (κ2) is 11.3. The molecule has 0 unspecified atom stereocenters. The Morgan fingerprint density at radius 1 is 1.14 bits per heavy atom. The van der Waals surface area contributed by atoms with Crippen LogP contribution >= 0.6 is 51.5 Å². The number of hydrogen-bond acceptors (Lipinski definition) is 6. The van der Waals surface area contributed by atoms with E-state index < -0.39 is 11.8 Å². The number of carbonyl (C=O) groups is 2. The van der Waals surface area contributed by atoms with Crippen molar-refractivity contribution in [3.8, 4) is 11.5 Å². The molecule has 3 aromatic rings. The zero-order valence-corrected chi connectivity index (χ0v) is 22.3. The van der Waals surface area contributed by atoms with E-state index in [-0.39, 0.29) is 14.9 Å². The molecule has 178 valence electrons. The largest absolute Gasteiger partial charge is 0.493 e. The molecule has 4 rings (SSSR count). The quantitative estimate of drug-likeness (QED) is 0.260. The first-order valence-electron chi connectivity index (χ1n) is 10.2. The number of benzene rings is 3. The number of rotatable bonds is 7. The summed E-state index contributed by atoms with van der Waals surface area (Å²) in [4.78, 5) is 25.8. The minimum absolute atomic E-state index is 0.211. The summed E-state index contributed by atoms with van der Waals surface area (Å²) in [6.45, 7) is 0.382. The maximum Gasteiger partial charge on any atom is 0.285 e. The molecular formula is C25H18BrClN2O4S2. The fourth-order valence-corrected chi connectivity index (χ4v) is 4.82. The van der Waals surface area contributed by atoms with Gasteiger partial charge in [0.25, 0.3) is 11.8 Å². The van der Waals surface area contributed by atoms with Gasteiger partial charge in [0.05, 0.1) is 22.6 Å². The molecular weight excluding hydrogens is 572 g/mol. The highest BCUT2D eigenvalue weighted by Gasteiger charge is 2.34. The molecule has 1 aliphatic heterocycles. The van der Waals surface area contributed by atoms with Crippen molar-refractivity contribution >= 4 is 73.7 Å². The first kappa shape index (κ1) is 25.2. The fourth-order valence-electron chi connectivity index (χ4n) is 3.16. The van der Waals surface area contributed by atoms with E-state index in [1.807, 2.05) is 30.3 Å². The summed E-state index contributed by atoms with van der Waals surface area (Å²) in [7, 11) is 1.55. The Morgan fingerprint density at radius 2 is 1.89 bits per heavy atom. The number of nitrogens with zero attached hydrogens (tertiary/aromatic N) is 1. The van der Waals surface area contributed by atoms with Gasteiger partial charge in [-0.2, -0.15) is 5.01 Å². The lowest BCUT2D eigenvalue weighted by Crippen LogP contribution is -2.44. The molecule has 0 aliphatic carbocycles. The summed E-state index contributed by atoms with van der Waals surface area (Å²) in [5.41, 5.74) is 4.51. The van der Waals surface area contributed by atoms with Crippen LogP contribution < -0.4 is 14.9 Å². The summed E-state index contributed by atoms with van der Waals surface area (Å²) in [6, 6.07) is 19.8. The molecule has 3 aromatic carbocycles. The summed E-state index contributed by atoms with van der Waals surface area (Å²) in [6.07, 6.45) is 1.68. The summed E-state index contributed by atoms with van der Waals surface area (Å²) >= 11 is 15.9. The Balaban J connectivity index is 1.47. The lowest BCUT2D eigenvalue weighted by Gasteiger charge is -2.16. The smallest absolute Gasteiger partial charge is 0.285 e. The van der Waals surface area contributed by atoms with Crippen LogP contribution in [0, 0.1) is 0 Å². The first-order chi connectivity index (χ1) is 16.9. The Kier molecular flexibility index (Phi) is 8.12. The number of nitrogens with one attached hydrogen (secondary N) is 1. The Hall–Kier alpha value is -2.85. The molecule has 0 aromatic heterocycles. The predicted molar refractivity (Wildman–Crippen MR) is 145 cm³/mol. The van der Waals surface area contributed by atoms with E-state index >= 15 is 0 Å². The van der Waals surface area contributed by atoms with Gasteiger partial charge in [-0.25, -0.2) is 0 Å². The zero-order valence-electron chi connectivity index (χ0n) is 18.3. The molecule has 2 amide bonds. The highest BCUT2D eigenvalue weighted by atomic mass is 79.9. The van der Waals surface area contributed by atoms with E-state index in [2.05, 4.69) is 21.4 Å². The number of hydrogen-bond donors (Lipinski definition) is 1. The van der Waals surface area contributed by atoms with Gasteiger partial charge in [0.15, 0.2) is 15.8 Å². The van der Waals surface area contributed by atoms with Crippen LogP contribution in [0.3, 0.4) is 0 Å². The van der Waals surface area contributed by atoms with Crippen LogP contribution in [0.25, 0.3) is 6.08 Å². The maximum atomic E-state index is 12.9. The molecule has 10 heteroatoms. The number of amides is 2. The van der Waals surface area contributed by atoms with Gasteiger partial charge in [-0.3, -0.25) is 15.0 Å². The van der Waals surface area contributed by atoms with Gasteiger partial charge >= 0.3 is 0 Å². The van der Waals surface area contributed by atoms with Crippen LogP contribution in [0.2, 0.25) is 5.02 Å². The molecule has 1 fully saturated rings. The molecule has 1 saturated heterocycles. The highest BCUT2D eigenvalue weighted by molar-refractivity contribution is 9.10. The van der Waals surface area contributed by atoms with Crippen molar-refractivity contribution in [3.63, 3.8) is 0 Å². The number of carbonyl (C=O) groups excluding carboxylic acids is 2. The van der Waals surface area contributed by atoms with E-state index in [1.54, 1.807) is 49.6 Å². The predicted octanol–water partition coefficient (Wildman–Crippen LogP) is 6.24. The standard InChI is InChI=1S/C25H18BrClN2O4S2/c1-32-21-12-16(8-11-20(21)33-14-15-6-9-17(26)10-7-15)13-22-24(31)29(25(34)35-22)28-23(30)18-4-2-3-5-19(18)27/h2-13H,14H2,1H3,(H,28,30)/b22-13+. The molecule has 0 bridgehead atoms. The second-order valence-corrected chi connectivity index (χ2v) is 10.3. The summed E-state index contributed by atoms with van der Waals surface area (Å²) in [5, 5.41) is 1.32. The van der Waals surface area contributed by atoms with Crippen LogP contribution in [-0.2, 0) is 11.4 Å². The highest BCUT2D eigenvalue weighted by Crippen LogP contribution is 2.34. The van der Waals surface area contributed by atoms with Gasteiger partial charge in [-0.15, -0.1) is 0 Å². The number of methoxy groups -OCH3 is 1. The van der Waals surface area contributed by atoms with Crippen LogP contribution in [0.1, 0.15) is 21.5 Å². The zero-order chi connectivity index (χ0) is 24.9. The van der Waals surface area contributed by atoms with Gasteiger partial charge in [-0.1, -0.05) is 69.6 Å². The summed E-state index contributed by atoms with van der Waals surface area (Å²) < 4.78 is 12.6. The lowest BCUT2D eigenvalue weighted by molar-refractivity contribution is -0.123. The molecule has 0 saturated carbocycles. The van der Waals surface area contributed by atoms with Gasteiger partial charge < -0.3 is 9.47 Å². The minimum Gasteiger partial charge on any atom is -0.493 e. The van der Waals surface area contributed by atoms with E-state index in [0.717, 1.165) is 32.4 Å². The molecule has 35 heavy (non-hydrogen) atoms. The first-order valence-corrected chi connectivity index (χ1v) is 12.6. The van der Waals surface area contributed by atoms with Crippen molar-refractivity contribution in [1.29, 1.82) is 0 Å². The second-order valence-electron chi connectivity index (χ2n) is 7.26. The average molecular weight is 590 g/mol. The van der Waals surface area contributed by atoms with Crippen molar-refractivity contribution < 1.29 is 19.1 Å². The van der Waals surface area contributed by atoms with E-state index in [9.17, 15) is 9.59 Å². The maximum absolute atomic E-state index is 12.9.